The minimum atomic E-state index is -0.195. The van der Waals surface area contributed by atoms with Gasteiger partial charge in [0.25, 0.3) is 0 Å². The van der Waals surface area contributed by atoms with Crippen molar-refractivity contribution >= 4 is 15.9 Å². The van der Waals surface area contributed by atoms with E-state index in [0.29, 0.717) is 4.47 Å². The highest BCUT2D eigenvalue weighted by Gasteiger charge is 2.37. The largest absolute Gasteiger partial charge is 0.372 e. The van der Waals surface area contributed by atoms with Crippen LogP contribution in [0.15, 0.2) is 16.6 Å². The molecule has 0 saturated carbocycles. The number of nitrogens with one attached hydrogen (secondary N) is 1. The van der Waals surface area contributed by atoms with Gasteiger partial charge in [0.05, 0.1) is 22.7 Å². The van der Waals surface area contributed by atoms with Gasteiger partial charge in [-0.05, 0) is 46.1 Å². The summed E-state index contributed by atoms with van der Waals surface area (Å²) in [6.45, 7) is 2.89. The average molecular weight is 286 g/mol. The molecule has 16 heavy (non-hydrogen) atoms. The third-order valence-corrected chi connectivity index (χ3v) is 3.95. The van der Waals surface area contributed by atoms with Gasteiger partial charge in [0.15, 0.2) is 0 Å². The first-order chi connectivity index (χ1) is 7.65. The zero-order valence-electron chi connectivity index (χ0n) is 8.97. The van der Waals surface area contributed by atoms with Crippen LogP contribution in [0.4, 0.5) is 4.39 Å². The Morgan fingerprint density at radius 3 is 3.12 bits per heavy atom. The Bertz CT molecular complexity index is 437. The molecule has 0 aromatic heterocycles. The van der Waals surface area contributed by atoms with Crippen LogP contribution in [0.25, 0.3) is 0 Å². The van der Waals surface area contributed by atoms with E-state index in [0.717, 1.165) is 18.5 Å². The quantitative estimate of drug-likeness (QED) is 0.791. The highest BCUT2D eigenvalue weighted by Crippen LogP contribution is 2.38. The SMILES string of the molecule is C[C@H]1CN[C@H]2c3cc(F)c(Br)cc3C[C@H]2O1. The zero-order valence-corrected chi connectivity index (χ0v) is 10.6. The summed E-state index contributed by atoms with van der Waals surface area (Å²) in [5.41, 5.74) is 2.24. The van der Waals surface area contributed by atoms with E-state index in [2.05, 4.69) is 28.2 Å². The molecule has 0 unspecified atom stereocenters. The first kappa shape index (κ1) is 10.7. The van der Waals surface area contributed by atoms with Crippen LogP contribution in [0.5, 0.6) is 0 Å². The molecule has 2 aliphatic rings. The predicted molar refractivity (Wildman–Crippen MR) is 62.9 cm³/mol. The summed E-state index contributed by atoms with van der Waals surface area (Å²) in [4.78, 5) is 0. The molecule has 1 N–H and O–H groups in total. The van der Waals surface area contributed by atoms with Gasteiger partial charge >= 0.3 is 0 Å². The standard InChI is InChI=1S/C12H13BrFNO/c1-6-5-15-12-8-4-10(14)9(13)2-7(8)3-11(12)16-6/h2,4,6,11-12,15H,3,5H2,1H3/t6-,11+,12-/m0/s1. The summed E-state index contributed by atoms with van der Waals surface area (Å²) in [5, 5.41) is 3.43. The van der Waals surface area contributed by atoms with Gasteiger partial charge in [0, 0.05) is 13.0 Å². The molecular weight excluding hydrogens is 273 g/mol. The zero-order chi connectivity index (χ0) is 11.3. The molecule has 1 saturated heterocycles. The van der Waals surface area contributed by atoms with E-state index in [-0.39, 0.29) is 24.1 Å². The third kappa shape index (κ3) is 1.60. The first-order valence-corrected chi connectivity index (χ1v) is 6.31. The lowest BCUT2D eigenvalue weighted by molar-refractivity contribution is -0.0469. The maximum Gasteiger partial charge on any atom is 0.137 e. The maximum absolute atomic E-state index is 13.5. The Balaban J connectivity index is 1.99. The Hall–Kier alpha value is -0.450. The molecule has 0 radical (unpaired) electrons. The fourth-order valence-electron chi connectivity index (χ4n) is 2.61. The normalized spacial score (nSPS) is 32.3. The summed E-state index contributed by atoms with van der Waals surface area (Å²) >= 11 is 3.22. The third-order valence-electron chi connectivity index (χ3n) is 3.34. The Kier molecular flexibility index (Phi) is 2.53. The van der Waals surface area contributed by atoms with Crippen LogP contribution >= 0.6 is 15.9 Å². The van der Waals surface area contributed by atoms with E-state index in [4.69, 9.17) is 4.74 Å². The van der Waals surface area contributed by atoms with E-state index in [1.807, 2.05) is 6.07 Å². The average Bonchev–Trinajstić information content (AvgIpc) is 2.55. The first-order valence-electron chi connectivity index (χ1n) is 5.52. The lowest BCUT2D eigenvalue weighted by atomic mass is 10.1. The number of halogens is 2. The molecule has 1 aliphatic carbocycles. The highest BCUT2D eigenvalue weighted by molar-refractivity contribution is 9.10. The fourth-order valence-corrected chi connectivity index (χ4v) is 3.00. The van der Waals surface area contributed by atoms with Crippen LogP contribution in [-0.4, -0.2) is 18.8 Å². The van der Waals surface area contributed by atoms with E-state index >= 15 is 0 Å². The molecule has 1 aromatic rings. The van der Waals surface area contributed by atoms with Crippen LogP contribution in [-0.2, 0) is 11.2 Å². The van der Waals surface area contributed by atoms with Gasteiger partial charge in [0.2, 0.25) is 0 Å². The predicted octanol–water partition coefficient (Wildman–Crippen LogP) is 2.56. The van der Waals surface area contributed by atoms with Crippen LogP contribution in [0.2, 0.25) is 0 Å². The fraction of sp³-hybridized carbons (Fsp3) is 0.500. The van der Waals surface area contributed by atoms with Gasteiger partial charge in [-0.2, -0.15) is 0 Å². The van der Waals surface area contributed by atoms with Crippen molar-refractivity contribution in [1.82, 2.24) is 5.32 Å². The molecule has 0 spiro atoms. The summed E-state index contributed by atoms with van der Waals surface area (Å²) in [6.07, 6.45) is 1.27. The summed E-state index contributed by atoms with van der Waals surface area (Å²) in [7, 11) is 0. The molecule has 0 bridgehead atoms. The van der Waals surface area contributed by atoms with E-state index < -0.39 is 0 Å². The van der Waals surface area contributed by atoms with Crippen LogP contribution < -0.4 is 5.32 Å². The lowest BCUT2D eigenvalue weighted by Crippen LogP contribution is -2.44. The Morgan fingerprint density at radius 2 is 2.31 bits per heavy atom. The molecule has 4 heteroatoms. The molecule has 0 amide bonds. The second kappa shape index (κ2) is 3.79. The molecule has 2 nitrogen and oxygen atoms in total. The summed E-state index contributed by atoms with van der Waals surface area (Å²) < 4.78 is 19.9. The Morgan fingerprint density at radius 1 is 1.50 bits per heavy atom. The van der Waals surface area contributed by atoms with Crippen LogP contribution in [0.3, 0.4) is 0 Å². The van der Waals surface area contributed by atoms with Gasteiger partial charge < -0.3 is 10.1 Å². The van der Waals surface area contributed by atoms with Gasteiger partial charge in [-0.3, -0.25) is 0 Å². The van der Waals surface area contributed by atoms with Crippen LogP contribution in [0.1, 0.15) is 24.1 Å². The van der Waals surface area contributed by atoms with Crippen molar-refractivity contribution in [3.63, 3.8) is 0 Å². The molecule has 86 valence electrons. The van der Waals surface area contributed by atoms with Gasteiger partial charge in [-0.15, -0.1) is 0 Å². The van der Waals surface area contributed by atoms with Gasteiger partial charge in [-0.1, -0.05) is 0 Å². The number of morpholine rings is 1. The van der Waals surface area contributed by atoms with Crippen LogP contribution in [0, 0.1) is 5.82 Å². The molecule has 1 heterocycles. The van der Waals surface area contributed by atoms with E-state index in [1.165, 1.54) is 5.56 Å². The van der Waals surface area contributed by atoms with Crippen molar-refractivity contribution in [2.75, 3.05) is 6.54 Å². The number of hydrogen-bond acceptors (Lipinski definition) is 2. The number of rotatable bonds is 0. The lowest BCUT2D eigenvalue weighted by Gasteiger charge is -2.32. The second-order valence-electron chi connectivity index (χ2n) is 4.54. The summed E-state index contributed by atoms with van der Waals surface area (Å²) in [6, 6.07) is 3.66. The monoisotopic (exact) mass is 285 g/mol. The van der Waals surface area contributed by atoms with E-state index in [9.17, 15) is 4.39 Å². The molecule has 1 fully saturated rings. The minimum Gasteiger partial charge on any atom is -0.372 e. The molecule has 1 aromatic carbocycles. The minimum absolute atomic E-state index is 0.160. The van der Waals surface area contributed by atoms with Gasteiger partial charge in [0.1, 0.15) is 5.82 Å². The second-order valence-corrected chi connectivity index (χ2v) is 5.39. The molecule has 3 atom stereocenters. The number of fused-ring (bicyclic) bond motifs is 3. The topological polar surface area (TPSA) is 21.3 Å². The number of ether oxygens (including phenoxy) is 1. The number of benzene rings is 1. The smallest absolute Gasteiger partial charge is 0.137 e. The Labute approximate surface area is 102 Å². The van der Waals surface area contributed by atoms with Crippen molar-refractivity contribution in [2.45, 2.75) is 31.6 Å². The molecule has 1 aliphatic heterocycles. The van der Waals surface area contributed by atoms with Gasteiger partial charge in [-0.25, -0.2) is 4.39 Å². The van der Waals surface area contributed by atoms with Crippen molar-refractivity contribution in [1.29, 1.82) is 0 Å². The number of hydrogen-bond donors (Lipinski definition) is 1. The summed E-state index contributed by atoms with van der Waals surface area (Å²) in [5.74, 6) is -0.195. The van der Waals surface area contributed by atoms with Crippen molar-refractivity contribution in [3.05, 3.63) is 33.5 Å². The molecular formula is C12H13BrFNO. The van der Waals surface area contributed by atoms with Crippen molar-refractivity contribution in [3.8, 4) is 0 Å². The highest BCUT2D eigenvalue weighted by atomic mass is 79.9. The molecule has 3 rings (SSSR count). The van der Waals surface area contributed by atoms with Crippen molar-refractivity contribution < 1.29 is 9.13 Å². The maximum atomic E-state index is 13.5. The van der Waals surface area contributed by atoms with E-state index in [1.54, 1.807) is 6.07 Å². The van der Waals surface area contributed by atoms with Crippen molar-refractivity contribution in [2.24, 2.45) is 0 Å².